The van der Waals surface area contributed by atoms with Gasteiger partial charge in [0.15, 0.2) is 0 Å². The Bertz CT molecular complexity index is 461. The number of hydrogen-bond donors (Lipinski definition) is 0. The SMILES string of the molecule is C#CC1CCC(C#CC2CCC(OCCCCCCC)CC2)CC1F. The summed E-state index contributed by atoms with van der Waals surface area (Å²) in [5, 5.41) is 0. The highest BCUT2D eigenvalue weighted by Crippen LogP contribution is 2.31. The van der Waals surface area contributed by atoms with Crippen molar-refractivity contribution in [3.8, 4) is 24.2 Å². The summed E-state index contributed by atoms with van der Waals surface area (Å²) < 4.78 is 19.9. The molecule has 0 heterocycles. The number of unbranched alkanes of at least 4 members (excludes halogenated alkanes) is 4. The molecule has 2 rings (SSSR count). The lowest BCUT2D eigenvalue weighted by atomic mass is 9.80. The third-order valence-electron chi connectivity index (χ3n) is 5.75. The lowest BCUT2D eigenvalue weighted by Crippen LogP contribution is -2.25. The van der Waals surface area contributed by atoms with E-state index in [1.165, 1.54) is 32.1 Å². The van der Waals surface area contributed by atoms with E-state index in [2.05, 4.69) is 24.7 Å². The van der Waals surface area contributed by atoms with Gasteiger partial charge in [0, 0.05) is 18.4 Å². The second-order valence-corrected chi connectivity index (χ2v) is 7.85. The molecule has 25 heavy (non-hydrogen) atoms. The molecule has 2 heteroatoms. The van der Waals surface area contributed by atoms with Crippen molar-refractivity contribution in [2.45, 2.75) is 96.2 Å². The highest BCUT2D eigenvalue weighted by molar-refractivity contribution is 5.11. The van der Waals surface area contributed by atoms with E-state index in [1.807, 2.05) is 0 Å². The van der Waals surface area contributed by atoms with Crippen LogP contribution in [0, 0.1) is 41.9 Å². The van der Waals surface area contributed by atoms with Gasteiger partial charge in [-0.2, -0.15) is 0 Å². The van der Waals surface area contributed by atoms with Gasteiger partial charge in [-0.15, -0.1) is 12.3 Å². The molecule has 0 saturated heterocycles. The van der Waals surface area contributed by atoms with Crippen LogP contribution in [0.1, 0.15) is 84.0 Å². The van der Waals surface area contributed by atoms with Gasteiger partial charge in [0.05, 0.1) is 12.0 Å². The molecule has 0 spiro atoms. The Balaban J connectivity index is 1.59. The molecule has 2 aliphatic rings. The second-order valence-electron chi connectivity index (χ2n) is 7.85. The smallest absolute Gasteiger partial charge is 0.115 e. The number of hydrogen-bond acceptors (Lipinski definition) is 1. The summed E-state index contributed by atoms with van der Waals surface area (Å²) >= 11 is 0. The normalized spacial score (nSPS) is 32.4. The Morgan fingerprint density at radius 2 is 1.60 bits per heavy atom. The number of halogens is 1. The minimum atomic E-state index is -0.862. The average molecular weight is 347 g/mol. The molecule has 0 aromatic carbocycles. The number of terminal acetylenes is 1. The van der Waals surface area contributed by atoms with Gasteiger partial charge in [-0.05, 0) is 51.4 Å². The van der Waals surface area contributed by atoms with Crippen molar-refractivity contribution in [1.82, 2.24) is 0 Å². The van der Waals surface area contributed by atoms with Crippen molar-refractivity contribution in [2.75, 3.05) is 6.61 Å². The lowest BCUT2D eigenvalue weighted by Gasteiger charge is -2.27. The van der Waals surface area contributed by atoms with Crippen molar-refractivity contribution in [1.29, 1.82) is 0 Å². The molecule has 0 N–H and O–H groups in total. The van der Waals surface area contributed by atoms with Crippen LogP contribution in [-0.2, 0) is 4.74 Å². The molecule has 3 atom stereocenters. The summed E-state index contributed by atoms with van der Waals surface area (Å²) in [5.41, 5.74) is 0. The summed E-state index contributed by atoms with van der Waals surface area (Å²) in [6.45, 7) is 3.16. The third-order valence-corrected chi connectivity index (χ3v) is 5.75. The number of rotatable bonds is 7. The summed E-state index contributed by atoms with van der Waals surface area (Å²) in [6.07, 6.45) is 18.2. The zero-order chi connectivity index (χ0) is 17.9. The summed E-state index contributed by atoms with van der Waals surface area (Å²) in [6, 6.07) is 0. The fraction of sp³-hybridized carbons (Fsp3) is 0.826. The zero-order valence-electron chi connectivity index (χ0n) is 15.9. The Kier molecular flexibility index (Phi) is 9.42. The molecule has 0 radical (unpaired) electrons. The fourth-order valence-electron chi connectivity index (χ4n) is 4.00. The molecule has 0 aliphatic heterocycles. The lowest BCUT2D eigenvalue weighted by molar-refractivity contribution is 0.0209. The van der Waals surface area contributed by atoms with Crippen molar-refractivity contribution < 1.29 is 9.13 Å². The maximum absolute atomic E-state index is 13.9. The zero-order valence-corrected chi connectivity index (χ0v) is 15.9. The first-order chi connectivity index (χ1) is 12.2. The average Bonchev–Trinajstić information content (AvgIpc) is 2.64. The van der Waals surface area contributed by atoms with Crippen molar-refractivity contribution >= 4 is 0 Å². The van der Waals surface area contributed by atoms with E-state index < -0.39 is 6.17 Å². The highest BCUT2D eigenvalue weighted by Gasteiger charge is 2.28. The first-order valence-electron chi connectivity index (χ1n) is 10.5. The van der Waals surface area contributed by atoms with Gasteiger partial charge in [0.25, 0.3) is 0 Å². The third kappa shape index (κ3) is 7.42. The molecule has 0 amide bonds. The van der Waals surface area contributed by atoms with Crippen LogP contribution in [0.4, 0.5) is 4.39 Å². The molecule has 2 aliphatic carbocycles. The molecule has 2 fully saturated rings. The molecule has 1 nitrogen and oxygen atoms in total. The van der Waals surface area contributed by atoms with Gasteiger partial charge in [-0.25, -0.2) is 4.39 Å². The summed E-state index contributed by atoms with van der Waals surface area (Å²) in [7, 11) is 0. The number of ether oxygens (including phenoxy) is 1. The molecule has 140 valence electrons. The first-order valence-corrected chi connectivity index (χ1v) is 10.5. The molecule has 2 saturated carbocycles. The van der Waals surface area contributed by atoms with E-state index >= 15 is 0 Å². The minimum Gasteiger partial charge on any atom is -0.378 e. The van der Waals surface area contributed by atoms with Crippen LogP contribution in [-0.4, -0.2) is 18.9 Å². The van der Waals surface area contributed by atoms with E-state index in [1.54, 1.807) is 0 Å². The molecule has 0 aromatic rings. The van der Waals surface area contributed by atoms with Gasteiger partial charge < -0.3 is 4.74 Å². The van der Waals surface area contributed by atoms with Gasteiger partial charge in [-0.1, -0.05) is 44.4 Å². The van der Waals surface area contributed by atoms with E-state index in [4.69, 9.17) is 11.2 Å². The van der Waals surface area contributed by atoms with Gasteiger partial charge in [0.2, 0.25) is 0 Å². The Morgan fingerprint density at radius 3 is 2.28 bits per heavy atom. The van der Waals surface area contributed by atoms with E-state index in [0.29, 0.717) is 18.4 Å². The topological polar surface area (TPSA) is 9.23 Å². The fourth-order valence-corrected chi connectivity index (χ4v) is 4.00. The van der Waals surface area contributed by atoms with E-state index in [9.17, 15) is 4.39 Å². The van der Waals surface area contributed by atoms with Crippen LogP contribution in [0.2, 0.25) is 0 Å². The van der Waals surface area contributed by atoms with Crippen LogP contribution >= 0.6 is 0 Å². The van der Waals surface area contributed by atoms with Crippen LogP contribution in [0.25, 0.3) is 0 Å². The first kappa shape index (κ1) is 20.3. The largest absolute Gasteiger partial charge is 0.378 e. The summed E-state index contributed by atoms with van der Waals surface area (Å²) in [5.74, 6) is 9.86. The maximum Gasteiger partial charge on any atom is 0.115 e. The molecule has 0 bridgehead atoms. The molecular formula is C23H35FO. The molecular weight excluding hydrogens is 311 g/mol. The van der Waals surface area contributed by atoms with Crippen LogP contribution in [0.15, 0.2) is 0 Å². The maximum atomic E-state index is 13.9. The van der Waals surface area contributed by atoms with Gasteiger partial charge >= 0.3 is 0 Å². The van der Waals surface area contributed by atoms with Crippen LogP contribution in [0.5, 0.6) is 0 Å². The summed E-state index contributed by atoms with van der Waals surface area (Å²) in [4.78, 5) is 0. The second kappa shape index (κ2) is 11.6. The Hall–Kier alpha value is -0.990. The van der Waals surface area contributed by atoms with Crippen molar-refractivity contribution in [3.63, 3.8) is 0 Å². The van der Waals surface area contributed by atoms with Crippen LogP contribution < -0.4 is 0 Å². The predicted molar refractivity (Wildman–Crippen MR) is 103 cm³/mol. The van der Waals surface area contributed by atoms with E-state index in [-0.39, 0.29) is 11.8 Å². The quantitative estimate of drug-likeness (QED) is 0.410. The standard InChI is InChI=1S/C23H35FO/c1-3-5-6-7-8-17-25-22-15-12-19(13-16-22)9-10-20-11-14-21(4-2)23(24)18-20/h2,19-23H,3,5-8,11-18H2,1H3. The van der Waals surface area contributed by atoms with Gasteiger partial charge in [-0.3, -0.25) is 0 Å². The molecule has 3 unspecified atom stereocenters. The number of alkyl halides is 1. The highest BCUT2D eigenvalue weighted by atomic mass is 19.1. The molecule has 0 aromatic heterocycles. The Labute approximate surface area is 154 Å². The van der Waals surface area contributed by atoms with Crippen molar-refractivity contribution in [3.05, 3.63) is 0 Å². The van der Waals surface area contributed by atoms with E-state index in [0.717, 1.165) is 45.1 Å². The Morgan fingerprint density at radius 1 is 0.920 bits per heavy atom. The predicted octanol–water partition coefficient (Wildman–Crippen LogP) is 5.92. The van der Waals surface area contributed by atoms with Gasteiger partial charge in [0.1, 0.15) is 6.17 Å². The monoisotopic (exact) mass is 346 g/mol. The minimum absolute atomic E-state index is 0.187. The van der Waals surface area contributed by atoms with Crippen molar-refractivity contribution in [2.24, 2.45) is 17.8 Å². The van der Waals surface area contributed by atoms with Crippen LogP contribution in [0.3, 0.4) is 0 Å².